The molecule has 2 rings (SSSR count). The lowest BCUT2D eigenvalue weighted by atomic mass is 9.99. The van der Waals surface area contributed by atoms with Gasteiger partial charge in [-0.25, -0.2) is 0 Å². The van der Waals surface area contributed by atoms with Crippen molar-refractivity contribution < 1.29 is 9.72 Å². The molecular formula is C15H17N3O3. The number of nitrogens with zero attached hydrogens (tertiary/aromatic N) is 2. The van der Waals surface area contributed by atoms with E-state index >= 15 is 0 Å². The molecule has 1 aromatic rings. The summed E-state index contributed by atoms with van der Waals surface area (Å²) in [6.45, 7) is 3.72. The van der Waals surface area contributed by atoms with Crippen LogP contribution in [0.1, 0.15) is 48.5 Å². The van der Waals surface area contributed by atoms with Gasteiger partial charge in [0.05, 0.1) is 11.0 Å². The maximum absolute atomic E-state index is 12.1. The van der Waals surface area contributed by atoms with Crippen molar-refractivity contribution in [2.45, 2.75) is 38.6 Å². The molecule has 1 aliphatic rings. The minimum absolute atomic E-state index is 0.000771. The molecule has 0 bridgehead atoms. The second-order valence-electron chi connectivity index (χ2n) is 5.60. The first-order chi connectivity index (χ1) is 9.93. The van der Waals surface area contributed by atoms with E-state index in [2.05, 4.69) is 11.4 Å². The Labute approximate surface area is 122 Å². The third-order valence-electron chi connectivity index (χ3n) is 3.63. The Balaban J connectivity index is 2.23. The molecule has 0 aliphatic heterocycles. The highest BCUT2D eigenvalue weighted by atomic mass is 16.6. The summed E-state index contributed by atoms with van der Waals surface area (Å²) >= 11 is 0. The average molecular weight is 287 g/mol. The third-order valence-corrected chi connectivity index (χ3v) is 3.63. The summed E-state index contributed by atoms with van der Waals surface area (Å²) in [5, 5.41) is 22.8. The molecule has 1 atom stereocenters. The number of hydrogen-bond donors (Lipinski definition) is 1. The molecule has 1 aliphatic carbocycles. The summed E-state index contributed by atoms with van der Waals surface area (Å²) in [5.41, 5.74) is 0.750. The topological polar surface area (TPSA) is 96.0 Å². The van der Waals surface area contributed by atoms with E-state index < -0.39 is 16.9 Å². The molecule has 1 saturated carbocycles. The van der Waals surface area contributed by atoms with E-state index in [1.807, 2.05) is 13.8 Å². The average Bonchev–Trinajstić information content (AvgIpc) is 3.28. The van der Waals surface area contributed by atoms with Gasteiger partial charge in [-0.3, -0.25) is 14.9 Å². The van der Waals surface area contributed by atoms with Gasteiger partial charge in [0, 0.05) is 17.2 Å². The van der Waals surface area contributed by atoms with Gasteiger partial charge >= 0.3 is 0 Å². The lowest BCUT2D eigenvalue weighted by Crippen LogP contribution is -2.35. The van der Waals surface area contributed by atoms with Crippen molar-refractivity contribution in [2.75, 3.05) is 0 Å². The van der Waals surface area contributed by atoms with Gasteiger partial charge in [-0.1, -0.05) is 19.9 Å². The minimum atomic E-state index is -0.513. The molecule has 0 saturated heterocycles. The number of nitro groups is 1. The second-order valence-corrected chi connectivity index (χ2v) is 5.60. The molecule has 0 unspecified atom stereocenters. The molecule has 6 nitrogen and oxygen atoms in total. The van der Waals surface area contributed by atoms with E-state index in [0.29, 0.717) is 5.56 Å². The number of benzene rings is 1. The molecule has 110 valence electrons. The summed E-state index contributed by atoms with van der Waals surface area (Å²) in [6.07, 6.45) is 1.87. The Morgan fingerprint density at radius 1 is 1.48 bits per heavy atom. The summed E-state index contributed by atoms with van der Waals surface area (Å²) < 4.78 is 0. The first-order valence-electron chi connectivity index (χ1n) is 6.93. The fraction of sp³-hybridized carbons (Fsp3) is 0.467. The zero-order valence-electron chi connectivity index (χ0n) is 12.0. The maximum atomic E-state index is 12.1. The van der Waals surface area contributed by atoms with Crippen LogP contribution in [0, 0.1) is 27.4 Å². The summed E-state index contributed by atoms with van der Waals surface area (Å²) in [6, 6.07) is 6.01. The molecule has 1 amide bonds. The highest BCUT2D eigenvalue weighted by Gasteiger charge is 2.32. The number of hydrogen-bond acceptors (Lipinski definition) is 4. The normalized spacial score (nSPS) is 15.3. The van der Waals surface area contributed by atoms with E-state index in [1.165, 1.54) is 6.07 Å². The van der Waals surface area contributed by atoms with Crippen molar-refractivity contribution in [3.8, 4) is 6.07 Å². The molecule has 0 spiro atoms. The minimum Gasteiger partial charge on any atom is -0.336 e. The quantitative estimate of drug-likeness (QED) is 0.665. The highest BCUT2D eigenvalue weighted by Crippen LogP contribution is 2.32. The van der Waals surface area contributed by atoms with Crippen molar-refractivity contribution in [3.63, 3.8) is 0 Å². The van der Waals surface area contributed by atoms with E-state index in [4.69, 9.17) is 5.26 Å². The fourth-order valence-electron chi connectivity index (χ4n) is 2.24. The first-order valence-corrected chi connectivity index (χ1v) is 6.93. The fourth-order valence-corrected chi connectivity index (χ4v) is 2.24. The first kappa shape index (κ1) is 15.0. The Hall–Kier alpha value is -2.42. The lowest BCUT2D eigenvalue weighted by Gasteiger charge is -2.12. The van der Waals surface area contributed by atoms with Gasteiger partial charge in [-0.05, 0) is 30.7 Å². The van der Waals surface area contributed by atoms with E-state index in [1.54, 1.807) is 12.1 Å². The Bertz CT molecular complexity index is 615. The molecule has 6 heteroatoms. The van der Waals surface area contributed by atoms with Gasteiger partial charge in [-0.2, -0.15) is 5.26 Å². The van der Waals surface area contributed by atoms with E-state index in [9.17, 15) is 14.9 Å². The van der Waals surface area contributed by atoms with Crippen molar-refractivity contribution in [1.29, 1.82) is 5.26 Å². The van der Waals surface area contributed by atoms with Crippen LogP contribution in [0.15, 0.2) is 18.2 Å². The molecule has 1 N–H and O–H groups in total. The van der Waals surface area contributed by atoms with E-state index in [-0.39, 0.29) is 23.1 Å². The third kappa shape index (κ3) is 3.37. The number of carbonyl (C=O) groups excluding carboxylic acids is 1. The summed E-state index contributed by atoms with van der Waals surface area (Å²) in [7, 11) is 0. The van der Waals surface area contributed by atoms with Crippen LogP contribution in [0.4, 0.5) is 5.69 Å². The molecule has 1 aromatic carbocycles. The zero-order valence-corrected chi connectivity index (χ0v) is 12.0. The Morgan fingerprint density at radius 2 is 2.14 bits per heavy atom. The van der Waals surface area contributed by atoms with Crippen molar-refractivity contribution in [2.24, 2.45) is 5.92 Å². The van der Waals surface area contributed by atoms with Crippen LogP contribution in [0.5, 0.6) is 0 Å². The van der Waals surface area contributed by atoms with Crippen molar-refractivity contribution >= 4 is 11.6 Å². The van der Waals surface area contributed by atoms with Crippen molar-refractivity contribution in [3.05, 3.63) is 39.4 Å². The molecule has 0 aromatic heterocycles. The summed E-state index contributed by atoms with van der Waals surface area (Å²) in [4.78, 5) is 22.8. The number of nitro benzene ring substituents is 1. The highest BCUT2D eigenvalue weighted by molar-refractivity contribution is 5.95. The van der Waals surface area contributed by atoms with Crippen LogP contribution in [-0.4, -0.2) is 16.9 Å². The van der Waals surface area contributed by atoms with Crippen molar-refractivity contribution in [1.82, 2.24) is 5.32 Å². The predicted molar refractivity (Wildman–Crippen MR) is 76.8 cm³/mol. The maximum Gasteiger partial charge on any atom is 0.273 e. The van der Waals surface area contributed by atoms with E-state index in [0.717, 1.165) is 12.8 Å². The molecule has 0 heterocycles. The lowest BCUT2D eigenvalue weighted by molar-refractivity contribution is -0.385. The second kappa shape index (κ2) is 5.92. The number of rotatable bonds is 5. The van der Waals surface area contributed by atoms with Crippen LogP contribution in [0.25, 0.3) is 0 Å². The Morgan fingerprint density at radius 3 is 2.62 bits per heavy atom. The van der Waals surface area contributed by atoms with Gasteiger partial charge in [0.15, 0.2) is 0 Å². The van der Waals surface area contributed by atoms with Crippen LogP contribution in [0.2, 0.25) is 0 Å². The SMILES string of the molecule is CC(C)c1ccc(C(=O)N[C@H](C#N)C2CC2)cc1[N+](=O)[O-]. The van der Waals surface area contributed by atoms with Crippen LogP contribution < -0.4 is 5.32 Å². The smallest absolute Gasteiger partial charge is 0.273 e. The predicted octanol–water partition coefficient (Wildman–Crippen LogP) is 2.75. The Kier molecular flexibility index (Phi) is 4.22. The number of nitriles is 1. The molecule has 0 radical (unpaired) electrons. The molecule has 21 heavy (non-hydrogen) atoms. The largest absolute Gasteiger partial charge is 0.336 e. The van der Waals surface area contributed by atoms with Gasteiger partial charge in [0.1, 0.15) is 6.04 Å². The van der Waals surface area contributed by atoms with Gasteiger partial charge in [0.25, 0.3) is 11.6 Å². The molecule has 1 fully saturated rings. The van der Waals surface area contributed by atoms with Gasteiger partial charge in [0.2, 0.25) is 0 Å². The van der Waals surface area contributed by atoms with Crippen LogP contribution >= 0.6 is 0 Å². The molecular weight excluding hydrogens is 270 g/mol. The van der Waals surface area contributed by atoms with Crippen LogP contribution in [-0.2, 0) is 0 Å². The zero-order chi connectivity index (χ0) is 15.6. The van der Waals surface area contributed by atoms with Gasteiger partial charge in [-0.15, -0.1) is 0 Å². The number of carbonyl (C=O) groups is 1. The monoisotopic (exact) mass is 287 g/mol. The number of amides is 1. The summed E-state index contributed by atoms with van der Waals surface area (Å²) in [5.74, 6) is -0.225. The number of nitrogens with one attached hydrogen (secondary N) is 1. The standard InChI is InChI=1S/C15H17N3O3/c1-9(2)12-6-5-11(7-14(12)18(20)21)15(19)17-13(8-16)10-3-4-10/h5-7,9-10,13H,3-4H2,1-2H3,(H,17,19)/t13-/m1/s1. The van der Waals surface area contributed by atoms with Crippen LogP contribution in [0.3, 0.4) is 0 Å². The van der Waals surface area contributed by atoms with Gasteiger partial charge < -0.3 is 5.32 Å².